The number of nitrogens with two attached hydrogens (primary N) is 1. The predicted octanol–water partition coefficient (Wildman–Crippen LogP) is 2.65. The number of aryl methyl sites for hydroxylation is 1. The van der Waals surface area contributed by atoms with Crippen LogP contribution in [0.2, 0.25) is 0 Å². The molecular formula is C37H33N6O21S6+. The zero-order chi connectivity index (χ0) is 52.2. The number of phenols is 1. The van der Waals surface area contributed by atoms with Gasteiger partial charge in [-0.15, -0.1) is 20.5 Å². The Morgan fingerprint density at radius 1 is 0.629 bits per heavy atom. The Kier molecular flexibility index (Phi) is 14.1. The van der Waals surface area contributed by atoms with E-state index in [4.69, 9.17) is 5.73 Å². The Bertz CT molecular complexity index is 3960. The molecule has 70 heavy (non-hydrogen) atoms. The highest BCUT2D eigenvalue weighted by atomic mass is 32.3. The number of sulfone groups is 2. The number of carbonyl (C=O) groups is 1. The number of pyridine rings is 1. The highest BCUT2D eigenvalue weighted by Gasteiger charge is 2.55. The SMILES string of the molecule is Nc1ccc2c(O)c(N=Nc3ccc4cc(S(=O)(=O)C(CO)(CO)S(=O)(=O)O)ccc4c3S(=O)(=O)O)c(S(=O)(=O)O)cc2c1N=Nc1ccc(S(=O)(=O)CC[n+]2cccc(C(=O)O)c2)cc1S(=O)(=O)O. The number of aliphatic hydroxyl groups is 2. The molecule has 0 unspecified atom stereocenters. The van der Waals surface area contributed by atoms with Crippen LogP contribution in [0.15, 0.2) is 136 Å². The summed E-state index contributed by atoms with van der Waals surface area (Å²) in [6.07, 6.45) is 2.55. The molecule has 0 fully saturated rings. The first-order valence-electron chi connectivity index (χ1n) is 18.7. The fourth-order valence-corrected chi connectivity index (χ4v) is 13.2. The largest absolute Gasteiger partial charge is 0.505 e. The number of fused-ring (bicyclic) bond motifs is 2. The van der Waals surface area contributed by atoms with Crippen molar-refractivity contribution in [2.75, 3.05) is 24.7 Å². The molecule has 1 heterocycles. The Morgan fingerprint density at radius 2 is 1.21 bits per heavy atom. The second-order valence-electron chi connectivity index (χ2n) is 14.6. The molecule has 372 valence electrons. The Labute approximate surface area is 395 Å². The average molecular weight is 1090 g/mol. The molecule has 0 bridgehead atoms. The second kappa shape index (κ2) is 18.7. The molecule has 6 rings (SSSR count). The van der Waals surface area contributed by atoms with E-state index in [1.54, 1.807) is 0 Å². The van der Waals surface area contributed by atoms with Crippen LogP contribution >= 0.6 is 0 Å². The zero-order valence-corrected chi connectivity index (χ0v) is 39.5. The van der Waals surface area contributed by atoms with Crippen LogP contribution < -0.4 is 10.3 Å². The fourth-order valence-electron chi connectivity index (χ4n) is 6.66. The summed E-state index contributed by atoms with van der Waals surface area (Å²) in [5, 5.41) is 53.1. The van der Waals surface area contributed by atoms with Crippen molar-refractivity contribution in [3.63, 3.8) is 0 Å². The second-order valence-corrected chi connectivity index (χ2v) is 25.1. The monoisotopic (exact) mass is 1090 g/mol. The van der Waals surface area contributed by atoms with Crippen LogP contribution in [0.5, 0.6) is 5.75 Å². The molecule has 5 aromatic carbocycles. The molecule has 10 N–H and O–H groups in total. The number of aromatic hydroxyl groups is 1. The molecule has 0 saturated heterocycles. The van der Waals surface area contributed by atoms with Gasteiger partial charge >= 0.3 is 5.97 Å². The quantitative estimate of drug-likeness (QED) is 0.0274. The molecule has 6 aromatic rings. The van der Waals surface area contributed by atoms with Gasteiger partial charge in [0.1, 0.15) is 48.8 Å². The summed E-state index contributed by atoms with van der Waals surface area (Å²) in [4.78, 5) is 6.22. The smallest absolute Gasteiger partial charge is 0.341 e. The summed E-state index contributed by atoms with van der Waals surface area (Å²) in [6, 6.07) is 11.4. The standard InChI is InChI=1S/C37H32N6O21S6/c38-27-8-7-25-26(32(27)41-39-28-10-5-22(15-30(28)67(53,54)55)65(49,50)13-12-43-11-1-2-21(17-43)36(47)48)16-31(68(56,57)58)33(34(25)46)42-40-29-9-3-20-14-23(4-6-24(20)35(29)69(59,60)61)66(51,52)37(18-44,19-45)70(62,63)64/h1-11,14-17,44-45H,12-13,18-19H2,(H7-,38,39,40,46,47,48,53,54,55,56,57,58,59,60,61,62,63,64)/p+1. The van der Waals surface area contributed by atoms with Crippen molar-refractivity contribution in [2.24, 2.45) is 20.5 Å². The highest BCUT2D eigenvalue weighted by molar-refractivity contribution is 8.08. The fraction of sp³-hybridized carbons (Fsp3) is 0.135. The first kappa shape index (κ1) is 52.9. The Hall–Kier alpha value is -6.50. The third-order valence-corrected chi connectivity index (χ3v) is 19.2. The van der Waals surface area contributed by atoms with Crippen molar-refractivity contribution in [3.05, 3.63) is 96.8 Å². The lowest BCUT2D eigenvalue weighted by Crippen LogP contribution is -2.52. The number of carboxylic acid groups (broad SMARTS) is 1. The molecule has 1 aromatic heterocycles. The number of phenolic OH excluding ortho intramolecular Hbond substituents is 1. The number of benzene rings is 5. The van der Waals surface area contributed by atoms with Crippen molar-refractivity contribution >= 4 is 116 Å². The van der Waals surface area contributed by atoms with Crippen LogP contribution in [-0.4, -0.2) is 118 Å². The van der Waals surface area contributed by atoms with E-state index in [9.17, 15) is 93.9 Å². The number of nitrogen functional groups attached to an aromatic ring is 1. The van der Waals surface area contributed by atoms with E-state index in [2.05, 4.69) is 20.5 Å². The van der Waals surface area contributed by atoms with Gasteiger partial charge in [-0.1, -0.05) is 12.1 Å². The van der Waals surface area contributed by atoms with E-state index in [-0.39, 0.29) is 28.6 Å². The van der Waals surface area contributed by atoms with Crippen LogP contribution in [0.25, 0.3) is 21.5 Å². The van der Waals surface area contributed by atoms with Crippen LogP contribution in [0.4, 0.5) is 28.4 Å². The van der Waals surface area contributed by atoms with E-state index in [1.165, 1.54) is 22.9 Å². The molecule has 0 aliphatic rings. The molecule has 0 aliphatic carbocycles. The topological polar surface area (TPSA) is 463 Å². The number of hydrogen-bond donors (Lipinski definition) is 9. The lowest BCUT2D eigenvalue weighted by molar-refractivity contribution is -0.692. The minimum atomic E-state index is -5.74. The number of aromatic nitrogens is 1. The zero-order valence-electron chi connectivity index (χ0n) is 34.6. The number of azo groups is 2. The number of aromatic carboxylic acids is 1. The van der Waals surface area contributed by atoms with Gasteiger partial charge in [0.15, 0.2) is 34.5 Å². The Balaban J connectivity index is 1.43. The molecule has 27 nitrogen and oxygen atoms in total. The van der Waals surface area contributed by atoms with Crippen molar-refractivity contribution in [1.82, 2.24) is 0 Å². The molecule has 0 spiro atoms. The van der Waals surface area contributed by atoms with Crippen LogP contribution in [0.3, 0.4) is 0 Å². The van der Waals surface area contributed by atoms with Gasteiger partial charge in [0, 0.05) is 22.2 Å². The molecule has 0 atom stereocenters. The Morgan fingerprint density at radius 3 is 1.80 bits per heavy atom. The van der Waals surface area contributed by atoms with Gasteiger partial charge in [-0.25, -0.2) is 26.2 Å². The maximum atomic E-state index is 13.3. The van der Waals surface area contributed by atoms with E-state index in [0.717, 1.165) is 42.6 Å². The van der Waals surface area contributed by atoms with Crippen LogP contribution in [-0.2, 0) is 66.7 Å². The number of hydrogen-bond acceptors (Lipinski definition) is 21. The van der Waals surface area contributed by atoms with Gasteiger partial charge in [-0.2, -0.15) is 33.7 Å². The van der Waals surface area contributed by atoms with Gasteiger partial charge in [0.25, 0.3) is 40.5 Å². The minimum Gasteiger partial charge on any atom is -0.505 e. The van der Waals surface area contributed by atoms with Crippen molar-refractivity contribution in [1.29, 1.82) is 0 Å². The van der Waals surface area contributed by atoms with E-state index in [1.807, 2.05) is 0 Å². The first-order chi connectivity index (χ1) is 32.3. The predicted molar refractivity (Wildman–Crippen MR) is 239 cm³/mol. The summed E-state index contributed by atoms with van der Waals surface area (Å²) in [7, 11) is -31.7. The van der Waals surface area contributed by atoms with Gasteiger partial charge in [-0.05, 0) is 66.0 Å². The third-order valence-electron chi connectivity index (χ3n) is 10.3. The van der Waals surface area contributed by atoms with Crippen molar-refractivity contribution < 1.29 is 98.5 Å². The number of anilines is 1. The van der Waals surface area contributed by atoms with Crippen LogP contribution in [0, 0.1) is 0 Å². The van der Waals surface area contributed by atoms with Gasteiger partial charge in [-0.3, -0.25) is 18.2 Å². The number of aliphatic hydroxyl groups excluding tert-OH is 2. The summed E-state index contributed by atoms with van der Waals surface area (Å²) >= 11 is 0. The highest BCUT2D eigenvalue weighted by Crippen LogP contribution is 2.47. The average Bonchev–Trinajstić information content (AvgIpc) is 3.26. The normalized spacial score (nSPS) is 13.5. The summed E-state index contributed by atoms with van der Waals surface area (Å²) in [5.74, 6) is -3.08. The third kappa shape index (κ3) is 10.1. The van der Waals surface area contributed by atoms with E-state index in [0.29, 0.717) is 30.3 Å². The lowest BCUT2D eigenvalue weighted by Gasteiger charge is -2.26. The van der Waals surface area contributed by atoms with E-state index >= 15 is 0 Å². The molecule has 0 saturated carbocycles. The van der Waals surface area contributed by atoms with Crippen molar-refractivity contribution in [3.8, 4) is 5.75 Å². The summed E-state index contributed by atoms with van der Waals surface area (Å²) < 4.78 is 191. The molecule has 0 radical (unpaired) electrons. The number of rotatable bonds is 17. The van der Waals surface area contributed by atoms with Gasteiger partial charge < -0.3 is 26.2 Å². The lowest BCUT2D eigenvalue weighted by atomic mass is 10.1. The van der Waals surface area contributed by atoms with Crippen molar-refractivity contribution in [2.45, 2.75) is 35.1 Å². The molecule has 33 heteroatoms. The van der Waals surface area contributed by atoms with Gasteiger partial charge in [0.2, 0.25) is 13.9 Å². The summed E-state index contributed by atoms with van der Waals surface area (Å²) in [6.45, 7) is -3.94. The van der Waals surface area contributed by atoms with Crippen LogP contribution in [0.1, 0.15) is 10.4 Å². The number of nitrogens with zero attached hydrogens (tertiary/aromatic N) is 5. The van der Waals surface area contributed by atoms with E-state index < -0.39 is 153 Å². The molecule has 0 amide bonds. The van der Waals surface area contributed by atoms with Gasteiger partial charge in [0.05, 0.1) is 28.7 Å². The summed E-state index contributed by atoms with van der Waals surface area (Å²) in [5.41, 5.74) is 2.46. The minimum absolute atomic E-state index is 0.151. The first-order valence-corrected chi connectivity index (χ1v) is 27.6. The molecule has 0 aliphatic heterocycles. The maximum absolute atomic E-state index is 13.3. The molecular weight excluding hydrogens is 1060 g/mol. The maximum Gasteiger partial charge on any atom is 0.341 e. The number of carboxylic acids is 1.